The van der Waals surface area contributed by atoms with E-state index in [4.69, 9.17) is 14.2 Å². The summed E-state index contributed by atoms with van der Waals surface area (Å²) in [6, 6.07) is 6.41. The number of allylic oxidation sites excluding steroid dienone is 1. The number of amides is 2. The Morgan fingerprint density at radius 3 is 2.67 bits per heavy atom. The van der Waals surface area contributed by atoms with Crippen LogP contribution in [0.4, 0.5) is 4.79 Å². The molecule has 27 heavy (non-hydrogen) atoms. The quantitative estimate of drug-likeness (QED) is 0.748. The molecule has 0 aromatic heterocycles. The molecular weight excluding hydrogens is 348 g/mol. The molecule has 0 bridgehead atoms. The largest absolute Gasteiger partial charge is 0.491 e. The topological polar surface area (TPSA) is 85.9 Å². The third-order valence-corrected chi connectivity index (χ3v) is 4.50. The van der Waals surface area contributed by atoms with Crippen LogP contribution in [-0.4, -0.2) is 37.4 Å². The van der Waals surface area contributed by atoms with Crippen molar-refractivity contribution < 1.29 is 23.8 Å². The molecular formula is C20H26N2O5. The van der Waals surface area contributed by atoms with E-state index in [1.165, 1.54) is 0 Å². The molecule has 2 aliphatic heterocycles. The van der Waals surface area contributed by atoms with E-state index in [-0.39, 0.29) is 24.8 Å². The normalized spacial score (nSPS) is 22.4. The molecule has 7 heteroatoms. The van der Waals surface area contributed by atoms with Gasteiger partial charge in [0.1, 0.15) is 12.4 Å². The first-order valence-electron chi connectivity index (χ1n) is 9.27. The molecule has 2 N–H and O–H groups in total. The van der Waals surface area contributed by atoms with E-state index in [0.29, 0.717) is 17.9 Å². The molecule has 1 aromatic carbocycles. The molecule has 2 amide bonds. The first kappa shape index (κ1) is 19.2. The standard InChI is InChI=1S/C20H26N2O5/c1-12(2)27-15-8-6-14(7-9-15)18-17(13(3)21-20(24)22-18)19(23)26-11-16-5-4-10-25-16/h6-9,12,16,18H,4-5,10-11H2,1-3H3,(H2,21,22,24)/t16-,18-/m0/s1. The zero-order valence-electron chi connectivity index (χ0n) is 15.9. The van der Waals surface area contributed by atoms with Crippen molar-refractivity contribution in [1.82, 2.24) is 10.6 Å². The fraction of sp³-hybridized carbons (Fsp3) is 0.500. The van der Waals surface area contributed by atoms with E-state index in [0.717, 1.165) is 24.2 Å². The van der Waals surface area contributed by atoms with Crippen molar-refractivity contribution >= 4 is 12.0 Å². The van der Waals surface area contributed by atoms with Gasteiger partial charge in [-0.05, 0) is 51.3 Å². The lowest BCUT2D eigenvalue weighted by molar-refractivity contribution is -0.142. The average Bonchev–Trinajstić information content (AvgIpc) is 3.13. The van der Waals surface area contributed by atoms with E-state index < -0.39 is 12.0 Å². The lowest BCUT2D eigenvalue weighted by atomic mass is 9.95. The Balaban J connectivity index is 1.77. The minimum Gasteiger partial charge on any atom is -0.491 e. The van der Waals surface area contributed by atoms with E-state index >= 15 is 0 Å². The van der Waals surface area contributed by atoms with Crippen molar-refractivity contribution in [3.05, 3.63) is 41.1 Å². The van der Waals surface area contributed by atoms with Gasteiger partial charge in [0.25, 0.3) is 0 Å². The molecule has 0 radical (unpaired) electrons. The lowest BCUT2D eigenvalue weighted by Crippen LogP contribution is -2.45. The summed E-state index contributed by atoms with van der Waals surface area (Å²) in [4.78, 5) is 24.7. The number of esters is 1. The molecule has 0 unspecified atom stereocenters. The summed E-state index contributed by atoms with van der Waals surface area (Å²) in [6.45, 7) is 6.53. The minimum absolute atomic E-state index is 0.0492. The van der Waals surface area contributed by atoms with Gasteiger partial charge in [-0.25, -0.2) is 9.59 Å². The van der Waals surface area contributed by atoms with Gasteiger partial charge in [-0.15, -0.1) is 0 Å². The van der Waals surface area contributed by atoms with E-state index in [9.17, 15) is 9.59 Å². The molecule has 7 nitrogen and oxygen atoms in total. The lowest BCUT2D eigenvalue weighted by Gasteiger charge is -2.28. The van der Waals surface area contributed by atoms with Crippen LogP contribution in [0, 0.1) is 0 Å². The van der Waals surface area contributed by atoms with E-state index in [1.54, 1.807) is 6.92 Å². The molecule has 0 aliphatic carbocycles. The third-order valence-electron chi connectivity index (χ3n) is 4.50. The maximum atomic E-state index is 12.7. The first-order valence-corrected chi connectivity index (χ1v) is 9.27. The number of nitrogens with one attached hydrogen (secondary N) is 2. The summed E-state index contributed by atoms with van der Waals surface area (Å²) < 4.78 is 16.6. The van der Waals surface area contributed by atoms with Crippen molar-refractivity contribution in [1.29, 1.82) is 0 Å². The van der Waals surface area contributed by atoms with Crippen molar-refractivity contribution in [3.63, 3.8) is 0 Å². The number of carbonyl (C=O) groups excluding carboxylic acids is 2. The Kier molecular flexibility index (Phi) is 6.01. The first-order chi connectivity index (χ1) is 12.9. The molecule has 0 saturated carbocycles. The maximum absolute atomic E-state index is 12.7. The van der Waals surface area contributed by atoms with Crippen LogP contribution in [-0.2, 0) is 14.3 Å². The molecule has 2 atom stereocenters. The molecule has 3 rings (SSSR count). The fourth-order valence-corrected chi connectivity index (χ4v) is 3.25. The van der Waals surface area contributed by atoms with Crippen LogP contribution in [0.15, 0.2) is 35.5 Å². The van der Waals surface area contributed by atoms with Gasteiger partial charge >= 0.3 is 12.0 Å². The Bertz CT molecular complexity index is 720. The maximum Gasteiger partial charge on any atom is 0.338 e. The third kappa shape index (κ3) is 4.80. The number of carbonyl (C=O) groups is 2. The minimum atomic E-state index is -0.580. The number of hydrogen-bond acceptors (Lipinski definition) is 5. The summed E-state index contributed by atoms with van der Waals surface area (Å²) in [7, 11) is 0. The zero-order chi connectivity index (χ0) is 19.4. The average molecular weight is 374 g/mol. The highest BCUT2D eigenvalue weighted by atomic mass is 16.6. The number of benzene rings is 1. The number of rotatable bonds is 6. The van der Waals surface area contributed by atoms with Crippen LogP contribution in [0.3, 0.4) is 0 Å². The Hall–Kier alpha value is -2.54. The number of hydrogen-bond donors (Lipinski definition) is 2. The Morgan fingerprint density at radius 1 is 1.30 bits per heavy atom. The monoisotopic (exact) mass is 374 g/mol. The molecule has 1 fully saturated rings. The summed E-state index contributed by atoms with van der Waals surface area (Å²) in [5.41, 5.74) is 1.66. The summed E-state index contributed by atoms with van der Waals surface area (Å²) in [5, 5.41) is 5.45. The van der Waals surface area contributed by atoms with Crippen LogP contribution < -0.4 is 15.4 Å². The highest BCUT2D eigenvalue weighted by molar-refractivity contribution is 5.95. The fourth-order valence-electron chi connectivity index (χ4n) is 3.25. The van der Waals surface area contributed by atoms with Gasteiger partial charge in [0.15, 0.2) is 0 Å². The van der Waals surface area contributed by atoms with Gasteiger partial charge in [-0.1, -0.05) is 12.1 Å². The van der Waals surface area contributed by atoms with Crippen molar-refractivity contribution in [2.75, 3.05) is 13.2 Å². The van der Waals surface area contributed by atoms with E-state index in [2.05, 4.69) is 10.6 Å². The molecule has 2 aliphatic rings. The van der Waals surface area contributed by atoms with Gasteiger partial charge in [-0.3, -0.25) is 0 Å². The van der Waals surface area contributed by atoms with Crippen molar-refractivity contribution in [2.45, 2.75) is 51.9 Å². The highest BCUT2D eigenvalue weighted by Gasteiger charge is 2.32. The molecule has 1 aromatic rings. The summed E-state index contributed by atoms with van der Waals surface area (Å²) in [6.07, 6.45) is 1.89. The van der Waals surface area contributed by atoms with Crippen LogP contribution in [0.2, 0.25) is 0 Å². The molecule has 0 spiro atoms. The Morgan fingerprint density at radius 2 is 2.04 bits per heavy atom. The van der Waals surface area contributed by atoms with Gasteiger partial charge in [0.05, 0.1) is 23.8 Å². The van der Waals surface area contributed by atoms with E-state index in [1.807, 2.05) is 38.1 Å². The number of urea groups is 1. The second-order valence-electron chi connectivity index (χ2n) is 7.04. The predicted molar refractivity (Wildman–Crippen MR) is 99.2 cm³/mol. The van der Waals surface area contributed by atoms with Crippen LogP contribution in [0.1, 0.15) is 45.2 Å². The predicted octanol–water partition coefficient (Wildman–Crippen LogP) is 2.82. The smallest absolute Gasteiger partial charge is 0.338 e. The SMILES string of the molecule is CC1=C(C(=O)OC[C@@H]2CCCO2)[C@H](c2ccc(OC(C)C)cc2)NC(=O)N1. The van der Waals surface area contributed by atoms with Crippen LogP contribution >= 0.6 is 0 Å². The highest BCUT2D eigenvalue weighted by Crippen LogP contribution is 2.29. The molecule has 1 saturated heterocycles. The van der Waals surface area contributed by atoms with Crippen LogP contribution in [0.5, 0.6) is 5.75 Å². The van der Waals surface area contributed by atoms with Crippen molar-refractivity contribution in [2.24, 2.45) is 0 Å². The Labute approximate surface area is 159 Å². The van der Waals surface area contributed by atoms with Gasteiger partial charge < -0.3 is 24.8 Å². The number of ether oxygens (including phenoxy) is 3. The van der Waals surface area contributed by atoms with Gasteiger partial charge in [0, 0.05) is 12.3 Å². The molecule has 146 valence electrons. The molecule has 2 heterocycles. The second-order valence-corrected chi connectivity index (χ2v) is 7.04. The van der Waals surface area contributed by atoms with Gasteiger partial charge in [-0.2, -0.15) is 0 Å². The van der Waals surface area contributed by atoms with Crippen molar-refractivity contribution in [3.8, 4) is 5.75 Å². The summed E-state index contributed by atoms with van der Waals surface area (Å²) in [5.74, 6) is 0.278. The van der Waals surface area contributed by atoms with Crippen LogP contribution in [0.25, 0.3) is 0 Å². The van der Waals surface area contributed by atoms with Gasteiger partial charge in [0.2, 0.25) is 0 Å². The summed E-state index contributed by atoms with van der Waals surface area (Å²) >= 11 is 0. The second kappa shape index (κ2) is 8.43. The zero-order valence-corrected chi connectivity index (χ0v) is 15.9.